The largest absolute Gasteiger partial charge is 0.341 e. The summed E-state index contributed by atoms with van der Waals surface area (Å²) < 4.78 is 4.21. The van der Waals surface area contributed by atoms with Gasteiger partial charge in [0.05, 0.1) is 23.0 Å². The van der Waals surface area contributed by atoms with E-state index in [2.05, 4.69) is 54.0 Å². The topological polar surface area (TPSA) is 22.8 Å². The van der Waals surface area contributed by atoms with Crippen LogP contribution in [0.25, 0.3) is 10.9 Å². The van der Waals surface area contributed by atoms with Crippen LogP contribution in [0.5, 0.6) is 0 Å². The molecule has 2 aromatic heterocycles. The van der Waals surface area contributed by atoms with Crippen LogP contribution in [0.15, 0.2) is 30.5 Å². The Morgan fingerprint density at radius 2 is 2.00 bits per heavy atom. The molecule has 0 unspecified atom stereocenters. The number of benzene rings is 1. The van der Waals surface area contributed by atoms with Gasteiger partial charge in [-0.1, -0.05) is 23.2 Å². The van der Waals surface area contributed by atoms with Crippen molar-refractivity contribution < 1.29 is 0 Å². The van der Waals surface area contributed by atoms with E-state index < -0.39 is 0 Å². The van der Waals surface area contributed by atoms with E-state index in [1.165, 1.54) is 16.5 Å². The molecule has 0 saturated heterocycles. The zero-order valence-electron chi connectivity index (χ0n) is 12.0. The highest BCUT2D eigenvalue weighted by molar-refractivity contribution is 6.31. The van der Waals surface area contributed by atoms with Crippen LogP contribution in [-0.2, 0) is 13.1 Å². The minimum atomic E-state index is 0.750. The summed E-state index contributed by atoms with van der Waals surface area (Å²) in [6.07, 6.45) is 2.11. The van der Waals surface area contributed by atoms with Crippen molar-refractivity contribution >= 4 is 22.5 Å². The fraction of sp³-hybridized carbons (Fsp3) is 0.312. The summed E-state index contributed by atoms with van der Waals surface area (Å²) in [6, 6.07) is 8.66. The maximum atomic E-state index is 6.39. The first-order valence-corrected chi connectivity index (χ1v) is 7.25. The SMILES string of the molecule is CCn1nc(C)c(Cl)c1Cn1ccc2cc(C)ccc21. The Labute approximate surface area is 123 Å². The Bertz CT molecular complexity index is 767. The Balaban J connectivity index is 2.05. The highest BCUT2D eigenvalue weighted by atomic mass is 35.5. The van der Waals surface area contributed by atoms with E-state index >= 15 is 0 Å². The van der Waals surface area contributed by atoms with Crippen LogP contribution in [0, 0.1) is 13.8 Å². The zero-order chi connectivity index (χ0) is 14.3. The number of aromatic nitrogens is 3. The number of halogens is 1. The van der Waals surface area contributed by atoms with Gasteiger partial charge in [-0.15, -0.1) is 0 Å². The first kappa shape index (κ1) is 13.3. The number of hydrogen-bond acceptors (Lipinski definition) is 1. The van der Waals surface area contributed by atoms with Gasteiger partial charge in [-0.3, -0.25) is 4.68 Å². The average Bonchev–Trinajstić information content (AvgIpc) is 2.94. The maximum absolute atomic E-state index is 6.39. The summed E-state index contributed by atoms with van der Waals surface area (Å²) in [5, 5.41) is 6.52. The van der Waals surface area contributed by atoms with Crippen molar-refractivity contribution in [3.63, 3.8) is 0 Å². The van der Waals surface area contributed by atoms with E-state index in [1.54, 1.807) is 0 Å². The molecular weight excluding hydrogens is 270 g/mol. The smallest absolute Gasteiger partial charge is 0.0865 e. The molecule has 0 atom stereocenters. The molecule has 0 spiro atoms. The second-order valence-electron chi connectivity index (χ2n) is 5.17. The first-order valence-electron chi connectivity index (χ1n) is 6.87. The molecule has 20 heavy (non-hydrogen) atoms. The third-order valence-electron chi connectivity index (χ3n) is 3.70. The highest BCUT2D eigenvalue weighted by Gasteiger charge is 2.13. The van der Waals surface area contributed by atoms with E-state index in [-0.39, 0.29) is 0 Å². The molecule has 3 aromatic rings. The molecule has 3 nitrogen and oxygen atoms in total. The molecule has 104 valence electrons. The lowest BCUT2D eigenvalue weighted by Gasteiger charge is -2.08. The third-order valence-corrected chi connectivity index (χ3v) is 4.19. The summed E-state index contributed by atoms with van der Waals surface area (Å²) >= 11 is 6.39. The van der Waals surface area contributed by atoms with E-state index in [4.69, 9.17) is 11.6 Å². The quantitative estimate of drug-likeness (QED) is 0.709. The van der Waals surface area contributed by atoms with Crippen molar-refractivity contribution in [2.75, 3.05) is 0 Å². The van der Waals surface area contributed by atoms with Gasteiger partial charge in [-0.2, -0.15) is 5.10 Å². The fourth-order valence-corrected chi connectivity index (χ4v) is 2.83. The molecule has 0 N–H and O–H groups in total. The lowest BCUT2D eigenvalue weighted by molar-refractivity contribution is 0.602. The van der Waals surface area contributed by atoms with Crippen molar-refractivity contribution in [1.29, 1.82) is 0 Å². The Kier molecular flexibility index (Phi) is 3.30. The van der Waals surface area contributed by atoms with Crippen molar-refractivity contribution in [2.45, 2.75) is 33.9 Å². The van der Waals surface area contributed by atoms with Crippen LogP contribution in [0.2, 0.25) is 5.02 Å². The van der Waals surface area contributed by atoms with E-state index in [0.29, 0.717) is 0 Å². The fourth-order valence-electron chi connectivity index (χ4n) is 2.64. The minimum absolute atomic E-state index is 0.750. The van der Waals surface area contributed by atoms with Gasteiger partial charge < -0.3 is 4.57 Å². The van der Waals surface area contributed by atoms with Gasteiger partial charge in [0.15, 0.2) is 0 Å². The van der Waals surface area contributed by atoms with Crippen LogP contribution in [-0.4, -0.2) is 14.3 Å². The molecule has 3 rings (SSSR count). The van der Waals surface area contributed by atoms with Crippen LogP contribution < -0.4 is 0 Å². The van der Waals surface area contributed by atoms with E-state index in [9.17, 15) is 0 Å². The zero-order valence-corrected chi connectivity index (χ0v) is 12.8. The summed E-state index contributed by atoms with van der Waals surface area (Å²) in [4.78, 5) is 0. The predicted octanol–water partition coefficient (Wildman–Crippen LogP) is 4.18. The molecule has 0 bridgehead atoms. The van der Waals surface area contributed by atoms with E-state index in [1.807, 2.05) is 11.6 Å². The van der Waals surface area contributed by atoms with Crippen LogP contribution in [0.4, 0.5) is 0 Å². The van der Waals surface area contributed by atoms with Gasteiger partial charge in [-0.05, 0) is 44.4 Å². The van der Waals surface area contributed by atoms with Gasteiger partial charge in [-0.25, -0.2) is 0 Å². The molecule has 0 aliphatic heterocycles. The lowest BCUT2D eigenvalue weighted by Crippen LogP contribution is -2.07. The normalized spacial score (nSPS) is 11.4. The minimum Gasteiger partial charge on any atom is -0.341 e. The lowest BCUT2D eigenvalue weighted by atomic mass is 10.2. The molecule has 0 fully saturated rings. The maximum Gasteiger partial charge on any atom is 0.0865 e. The number of fused-ring (bicyclic) bond motifs is 1. The van der Waals surface area contributed by atoms with Crippen molar-refractivity contribution in [1.82, 2.24) is 14.3 Å². The van der Waals surface area contributed by atoms with Crippen LogP contribution >= 0.6 is 11.6 Å². The van der Waals surface area contributed by atoms with Gasteiger partial charge in [0, 0.05) is 18.3 Å². The molecule has 2 heterocycles. The second-order valence-corrected chi connectivity index (χ2v) is 5.55. The van der Waals surface area contributed by atoms with Crippen molar-refractivity contribution in [3.05, 3.63) is 52.4 Å². The molecule has 0 radical (unpaired) electrons. The molecule has 0 amide bonds. The highest BCUT2D eigenvalue weighted by Crippen LogP contribution is 2.24. The number of rotatable bonds is 3. The molecule has 0 saturated carbocycles. The Morgan fingerprint density at radius 3 is 2.75 bits per heavy atom. The third kappa shape index (κ3) is 2.12. The summed E-state index contributed by atoms with van der Waals surface area (Å²) in [5.41, 5.74) is 4.48. The molecule has 0 aliphatic carbocycles. The van der Waals surface area contributed by atoms with E-state index in [0.717, 1.165) is 29.5 Å². The van der Waals surface area contributed by atoms with Gasteiger partial charge in [0.25, 0.3) is 0 Å². The second kappa shape index (κ2) is 4.98. The van der Waals surface area contributed by atoms with Crippen LogP contribution in [0.3, 0.4) is 0 Å². The number of hydrogen-bond donors (Lipinski definition) is 0. The van der Waals surface area contributed by atoms with Crippen molar-refractivity contribution in [2.24, 2.45) is 0 Å². The number of aryl methyl sites for hydroxylation is 3. The van der Waals surface area contributed by atoms with Gasteiger partial charge in [0.1, 0.15) is 0 Å². The van der Waals surface area contributed by atoms with Gasteiger partial charge >= 0.3 is 0 Å². The molecular formula is C16H18ClN3. The first-order chi connectivity index (χ1) is 9.60. The molecule has 0 aliphatic rings. The predicted molar refractivity (Wildman–Crippen MR) is 83.4 cm³/mol. The summed E-state index contributed by atoms with van der Waals surface area (Å²) in [6.45, 7) is 7.74. The number of nitrogens with zero attached hydrogens (tertiary/aromatic N) is 3. The Morgan fingerprint density at radius 1 is 1.20 bits per heavy atom. The monoisotopic (exact) mass is 287 g/mol. The molecule has 1 aromatic carbocycles. The summed E-state index contributed by atoms with van der Waals surface area (Å²) in [5.74, 6) is 0. The van der Waals surface area contributed by atoms with Gasteiger partial charge in [0.2, 0.25) is 0 Å². The standard InChI is InChI=1S/C16H18ClN3/c1-4-20-15(16(17)12(3)18-20)10-19-8-7-13-9-11(2)5-6-14(13)19/h5-9H,4,10H2,1-3H3. The molecule has 4 heteroatoms. The average molecular weight is 288 g/mol. The van der Waals surface area contributed by atoms with Crippen LogP contribution in [0.1, 0.15) is 23.9 Å². The summed E-state index contributed by atoms with van der Waals surface area (Å²) in [7, 11) is 0. The van der Waals surface area contributed by atoms with Crippen molar-refractivity contribution in [3.8, 4) is 0 Å². The Hall–Kier alpha value is -1.74.